The minimum atomic E-state index is -0.757. The Hall–Kier alpha value is -4.70. The van der Waals surface area contributed by atoms with Crippen LogP contribution in [0.15, 0.2) is 80.1 Å². The van der Waals surface area contributed by atoms with E-state index in [4.69, 9.17) is 18.6 Å². The number of rotatable bonds is 8. The highest BCUT2D eigenvalue weighted by Crippen LogP contribution is 2.33. The summed E-state index contributed by atoms with van der Waals surface area (Å²) in [7, 11) is 1.58. The Morgan fingerprint density at radius 2 is 1.88 bits per heavy atom. The largest absolute Gasteiger partial charge is 0.496 e. The molecule has 0 amide bonds. The molecule has 5 rings (SSSR count). The molecule has 3 heterocycles. The molecule has 2 aromatic heterocycles. The lowest BCUT2D eigenvalue weighted by Crippen LogP contribution is -2.40. The number of hydrogen-bond donors (Lipinski definition) is 0. The summed E-state index contributed by atoms with van der Waals surface area (Å²) in [6.07, 6.45) is 1.42. The van der Waals surface area contributed by atoms with Crippen molar-refractivity contribution in [1.29, 1.82) is 0 Å². The molecule has 0 spiro atoms. The van der Waals surface area contributed by atoms with E-state index in [1.807, 2.05) is 31.2 Å². The van der Waals surface area contributed by atoms with Crippen molar-refractivity contribution >= 4 is 29.4 Å². The van der Waals surface area contributed by atoms with E-state index in [1.165, 1.54) is 15.9 Å². The summed E-state index contributed by atoms with van der Waals surface area (Å²) in [6.45, 7) is 9.18. The number of ether oxygens (including phenoxy) is 3. The molecule has 0 radical (unpaired) electrons. The molecule has 0 fully saturated rings. The first-order chi connectivity index (χ1) is 20.6. The first-order valence-corrected chi connectivity index (χ1v) is 14.7. The molecule has 10 heteroatoms. The number of nitrogens with zero attached hydrogens (tertiary/aromatic N) is 2. The van der Waals surface area contributed by atoms with E-state index in [2.05, 4.69) is 4.99 Å². The molecule has 0 saturated carbocycles. The number of esters is 2. The normalized spacial score (nSPS) is 14.9. The van der Waals surface area contributed by atoms with Gasteiger partial charge in [-0.15, -0.1) is 0 Å². The Balaban J connectivity index is 1.58. The number of methoxy groups -OCH3 is 1. The Labute approximate surface area is 252 Å². The third-order valence-corrected chi connectivity index (χ3v) is 7.87. The summed E-state index contributed by atoms with van der Waals surface area (Å²) in [5, 5.41) is 0. The maximum atomic E-state index is 13.9. The van der Waals surface area contributed by atoms with Gasteiger partial charge in [-0.2, -0.15) is 0 Å². The minimum Gasteiger partial charge on any atom is -0.496 e. The Morgan fingerprint density at radius 3 is 2.60 bits per heavy atom. The summed E-state index contributed by atoms with van der Waals surface area (Å²) in [4.78, 5) is 44.5. The molecule has 1 aliphatic heterocycles. The van der Waals surface area contributed by atoms with Crippen molar-refractivity contribution in [2.24, 2.45) is 4.99 Å². The van der Waals surface area contributed by atoms with E-state index < -0.39 is 18.0 Å². The van der Waals surface area contributed by atoms with Crippen LogP contribution in [0.1, 0.15) is 61.0 Å². The van der Waals surface area contributed by atoms with E-state index in [0.717, 1.165) is 5.56 Å². The van der Waals surface area contributed by atoms with Crippen molar-refractivity contribution in [3.63, 3.8) is 0 Å². The van der Waals surface area contributed by atoms with Gasteiger partial charge in [0, 0.05) is 11.6 Å². The molecule has 1 aliphatic rings. The van der Waals surface area contributed by atoms with E-state index in [0.29, 0.717) is 54.6 Å². The van der Waals surface area contributed by atoms with Crippen molar-refractivity contribution < 1.29 is 28.2 Å². The standard InChI is InChI=1S/C33H32N2O7S/c1-7-40-32(38)28-20(5)34-33-35(29(28)22-12-11-19(4)26(16-22)39-6)30(36)27(43-33)17-24-13-14-25(42-24)21-9-8-10-23(15-21)31(37)41-18(2)3/h8-18,29H,7H2,1-6H3/b27-17+/t29-/m1/s1. The molecule has 43 heavy (non-hydrogen) atoms. The first kappa shape index (κ1) is 29.8. The lowest BCUT2D eigenvalue weighted by Gasteiger charge is -2.25. The third kappa shape index (κ3) is 5.96. The number of fused-ring (bicyclic) bond motifs is 1. The average Bonchev–Trinajstić information content (AvgIpc) is 3.56. The van der Waals surface area contributed by atoms with E-state index >= 15 is 0 Å². The van der Waals surface area contributed by atoms with Crippen LogP contribution in [0.25, 0.3) is 17.4 Å². The Kier molecular flexibility index (Phi) is 8.50. The summed E-state index contributed by atoms with van der Waals surface area (Å²) >= 11 is 1.21. The first-order valence-electron chi connectivity index (χ1n) is 13.9. The molecule has 2 aromatic carbocycles. The van der Waals surface area contributed by atoms with Gasteiger partial charge in [-0.3, -0.25) is 9.36 Å². The van der Waals surface area contributed by atoms with Gasteiger partial charge < -0.3 is 18.6 Å². The van der Waals surface area contributed by atoms with Crippen LogP contribution in [-0.2, 0) is 14.3 Å². The predicted octanol–water partition coefficient (Wildman–Crippen LogP) is 4.94. The number of aromatic nitrogens is 1. The van der Waals surface area contributed by atoms with Crippen molar-refractivity contribution in [3.8, 4) is 17.1 Å². The predicted molar refractivity (Wildman–Crippen MR) is 163 cm³/mol. The van der Waals surface area contributed by atoms with Crippen molar-refractivity contribution in [2.45, 2.75) is 46.8 Å². The lowest BCUT2D eigenvalue weighted by atomic mass is 9.95. The molecule has 1 atom stereocenters. The SMILES string of the molecule is CCOC(=O)C1=C(C)N=c2s/c(=C/c3ccc(-c4cccc(C(=O)OC(C)C)c4)o3)c(=O)n2[C@@H]1c1ccc(C)c(OC)c1. The van der Waals surface area contributed by atoms with Crippen LogP contribution in [0.4, 0.5) is 0 Å². The highest BCUT2D eigenvalue weighted by Gasteiger charge is 2.33. The van der Waals surface area contributed by atoms with Gasteiger partial charge in [0.2, 0.25) is 0 Å². The average molecular weight is 601 g/mol. The second-order valence-electron chi connectivity index (χ2n) is 10.3. The molecule has 0 unspecified atom stereocenters. The number of benzene rings is 2. The van der Waals surface area contributed by atoms with E-state index in [1.54, 1.807) is 71.2 Å². The molecule has 9 nitrogen and oxygen atoms in total. The number of aryl methyl sites for hydroxylation is 1. The molecule has 0 N–H and O–H groups in total. The van der Waals surface area contributed by atoms with Gasteiger partial charge in [-0.25, -0.2) is 14.6 Å². The molecule has 222 valence electrons. The highest BCUT2D eigenvalue weighted by molar-refractivity contribution is 7.07. The summed E-state index contributed by atoms with van der Waals surface area (Å²) in [5.41, 5.74) is 3.19. The maximum absolute atomic E-state index is 13.9. The second kappa shape index (κ2) is 12.3. The molecule has 4 aromatic rings. The van der Waals surface area contributed by atoms with Gasteiger partial charge in [0.25, 0.3) is 5.56 Å². The number of furan rings is 1. The highest BCUT2D eigenvalue weighted by atomic mass is 32.1. The fraction of sp³-hybridized carbons (Fsp3) is 0.273. The Bertz CT molecular complexity index is 1930. The van der Waals surface area contributed by atoms with Crippen LogP contribution in [0.2, 0.25) is 0 Å². The zero-order valence-corrected chi connectivity index (χ0v) is 25.6. The number of allylic oxidation sites excluding steroid dienone is 1. The van der Waals surface area contributed by atoms with E-state index in [9.17, 15) is 14.4 Å². The van der Waals surface area contributed by atoms with Gasteiger partial charge in [-0.1, -0.05) is 35.6 Å². The second-order valence-corrected chi connectivity index (χ2v) is 11.3. The number of carbonyl (C=O) groups excluding carboxylic acids is 2. The van der Waals surface area contributed by atoms with Gasteiger partial charge in [0.1, 0.15) is 17.3 Å². The van der Waals surface area contributed by atoms with Crippen LogP contribution in [0.5, 0.6) is 5.75 Å². The molecule has 0 aliphatic carbocycles. The zero-order chi connectivity index (χ0) is 30.8. The van der Waals surface area contributed by atoms with Crippen LogP contribution < -0.4 is 19.6 Å². The number of hydrogen-bond acceptors (Lipinski definition) is 9. The number of thiazole rings is 1. The number of carbonyl (C=O) groups is 2. The summed E-state index contributed by atoms with van der Waals surface area (Å²) in [6, 6.07) is 15.4. The van der Waals surface area contributed by atoms with Gasteiger partial charge >= 0.3 is 11.9 Å². The fourth-order valence-corrected chi connectivity index (χ4v) is 5.94. The zero-order valence-electron chi connectivity index (χ0n) is 24.8. The molecule has 0 bridgehead atoms. The third-order valence-electron chi connectivity index (χ3n) is 6.89. The summed E-state index contributed by atoms with van der Waals surface area (Å²) in [5.74, 6) is 0.677. The van der Waals surface area contributed by atoms with Crippen molar-refractivity contribution in [1.82, 2.24) is 4.57 Å². The molecular formula is C33H32N2O7S. The van der Waals surface area contributed by atoms with Crippen LogP contribution >= 0.6 is 11.3 Å². The van der Waals surface area contributed by atoms with Gasteiger partial charge in [-0.05, 0) is 76.1 Å². The van der Waals surface area contributed by atoms with Crippen molar-refractivity contribution in [3.05, 3.63) is 108 Å². The lowest BCUT2D eigenvalue weighted by molar-refractivity contribution is -0.139. The van der Waals surface area contributed by atoms with Crippen LogP contribution in [-0.4, -0.2) is 36.3 Å². The maximum Gasteiger partial charge on any atom is 0.338 e. The van der Waals surface area contributed by atoms with Gasteiger partial charge in [0.15, 0.2) is 4.80 Å². The van der Waals surface area contributed by atoms with Crippen molar-refractivity contribution in [2.75, 3.05) is 13.7 Å². The fourth-order valence-electron chi connectivity index (χ4n) is 4.91. The molecule has 0 saturated heterocycles. The summed E-state index contributed by atoms with van der Waals surface area (Å²) < 4.78 is 24.2. The van der Waals surface area contributed by atoms with E-state index in [-0.39, 0.29) is 18.3 Å². The van der Waals surface area contributed by atoms with Gasteiger partial charge in [0.05, 0.1) is 47.2 Å². The Morgan fingerprint density at radius 1 is 1.09 bits per heavy atom. The smallest absolute Gasteiger partial charge is 0.338 e. The quantitative estimate of drug-likeness (QED) is 0.264. The molecular weight excluding hydrogens is 568 g/mol. The monoisotopic (exact) mass is 600 g/mol. The topological polar surface area (TPSA) is 109 Å². The van der Waals surface area contributed by atoms with Crippen LogP contribution in [0.3, 0.4) is 0 Å². The van der Waals surface area contributed by atoms with Crippen LogP contribution in [0, 0.1) is 6.92 Å². The minimum absolute atomic E-state index is 0.187.